The van der Waals surface area contributed by atoms with Crippen molar-refractivity contribution in [1.82, 2.24) is 9.78 Å². The summed E-state index contributed by atoms with van der Waals surface area (Å²) in [6, 6.07) is 5.49. The molecule has 0 amide bonds. The van der Waals surface area contributed by atoms with E-state index in [0.717, 1.165) is 5.52 Å². The average Bonchev–Trinajstić information content (AvgIpc) is 2.56. The van der Waals surface area contributed by atoms with Crippen molar-refractivity contribution in [2.24, 2.45) is 0 Å². The summed E-state index contributed by atoms with van der Waals surface area (Å²) >= 11 is 0. The van der Waals surface area contributed by atoms with Gasteiger partial charge in [-0.3, -0.25) is 19.4 Å². The van der Waals surface area contributed by atoms with Gasteiger partial charge >= 0.3 is 0 Å². The third-order valence-electron chi connectivity index (χ3n) is 2.65. The Labute approximate surface area is 92.9 Å². The summed E-state index contributed by atoms with van der Waals surface area (Å²) in [6.45, 7) is 5.44. The number of H-pyrrole nitrogens is 1. The van der Waals surface area contributed by atoms with Gasteiger partial charge in [0.25, 0.3) is 5.56 Å². The standard InChI is InChI=1S/C12H14N2O2/c1-7(2)14-10-6-4-5-9(8(3)15)11(10)12(16)13-14/h4-7H,1-3H3,(H,13,16). The van der Waals surface area contributed by atoms with E-state index in [1.165, 1.54) is 6.92 Å². The average molecular weight is 218 g/mol. The molecule has 0 aliphatic rings. The zero-order chi connectivity index (χ0) is 11.9. The molecule has 1 N–H and O–H groups in total. The number of ketones is 1. The van der Waals surface area contributed by atoms with E-state index in [1.807, 2.05) is 19.9 Å². The van der Waals surface area contributed by atoms with Gasteiger partial charge in [0.05, 0.1) is 10.9 Å². The second kappa shape index (κ2) is 3.63. The van der Waals surface area contributed by atoms with Crippen LogP contribution >= 0.6 is 0 Å². The Hall–Kier alpha value is -1.84. The van der Waals surface area contributed by atoms with Crippen molar-refractivity contribution in [3.05, 3.63) is 34.1 Å². The van der Waals surface area contributed by atoms with Crippen LogP contribution in [0.3, 0.4) is 0 Å². The summed E-state index contributed by atoms with van der Waals surface area (Å²) in [5, 5.41) is 3.25. The van der Waals surface area contributed by atoms with E-state index in [4.69, 9.17) is 0 Å². The molecule has 0 saturated carbocycles. The van der Waals surface area contributed by atoms with Crippen LogP contribution in [0, 0.1) is 0 Å². The zero-order valence-electron chi connectivity index (χ0n) is 9.57. The molecule has 84 valence electrons. The zero-order valence-corrected chi connectivity index (χ0v) is 9.57. The molecule has 0 spiro atoms. The first kappa shape index (κ1) is 10.7. The Kier molecular flexibility index (Phi) is 2.42. The first-order chi connectivity index (χ1) is 7.52. The van der Waals surface area contributed by atoms with Crippen LogP contribution in [0.5, 0.6) is 0 Å². The molecule has 1 aromatic carbocycles. The molecule has 0 unspecified atom stereocenters. The van der Waals surface area contributed by atoms with Gasteiger partial charge in [0.15, 0.2) is 5.78 Å². The molecule has 4 heteroatoms. The summed E-state index contributed by atoms with van der Waals surface area (Å²) < 4.78 is 1.78. The van der Waals surface area contributed by atoms with E-state index in [0.29, 0.717) is 10.9 Å². The number of nitrogens with zero attached hydrogens (tertiary/aromatic N) is 1. The first-order valence-electron chi connectivity index (χ1n) is 5.26. The fourth-order valence-corrected chi connectivity index (χ4v) is 1.91. The molecule has 0 aliphatic carbocycles. The highest BCUT2D eigenvalue weighted by atomic mass is 16.1. The Morgan fingerprint density at radius 1 is 1.38 bits per heavy atom. The smallest absolute Gasteiger partial charge is 0.272 e. The number of rotatable bonds is 2. The van der Waals surface area contributed by atoms with Crippen LogP contribution in [0.15, 0.2) is 23.0 Å². The van der Waals surface area contributed by atoms with E-state index < -0.39 is 0 Å². The molecular weight excluding hydrogens is 204 g/mol. The molecule has 2 aromatic rings. The molecule has 0 atom stereocenters. The highest BCUT2D eigenvalue weighted by molar-refractivity contribution is 6.06. The number of hydrogen-bond donors (Lipinski definition) is 1. The predicted molar refractivity (Wildman–Crippen MR) is 62.9 cm³/mol. The lowest BCUT2D eigenvalue weighted by molar-refractivity contribution is 0.101. The van der Waals surface area contributed by atoms with Crippen LogP contribution in [0.1, 0.15) is 37.2 Å². The molecule has 0 saturated heterocycles. The van der Waals surface area contributed by atoms with Crippen LogP contribution in [0.25, 0.3) is 10.9 Å². The number of carbonyl (C=O) groups is 1. The van der Waals surface area contributed by atoms with Crippen LogP contribution < -0.4 is 5.56 Å². The van der Waals surface area contributed by atoms with Crippen molar-refractivity contribution in [2.75, 3.05) is 0 Å². The second-order valence-electron chi connectivity index (χ2n) is 4.16. The Morgan fingerprint density at radius 2 is 2.06 bits per heavy atom. The first-order valence-corrected chi connectivity index (χ1v) is 5.26. The van der Waals surface area contributed by atoms with Gasteiger partial charge in [-0.05, 0) is 26.8 Å². The van der Waals surface area contributed by atoms with Gasteiger partial charge in [-0.15, -0.1) is 0 Å². The molecular formula is C12H14N2O2. The molecule has 0 radical (unpaired) electrons. The molecule has 16 heavy (non-hydrogen) atoms. The lowest BCUT2D eigenvalue weighted by Gasteiger charge is -2.08. The molecule has 0 fully saturated rings. The highest BCUT2D eigenvalue weighted by Gasteiger charge is 2.14. The molecule has 0 bridgehead atoms. The van der Waals surface area contributed by atoms with Crippen molar-refractivity contribution < 1.29 is 4.79 Å². The fraction of sp³-hybridized carbons (Fsp3) is 0.333. The summed E-state index contributed by atoms with van der Waals surface area (Å²) in [4.78, 5) is 23.2. The van der Waals surface area contributed by atoms with E-state index >= 15 is 0 Å². The minimum Gasteiger partial charge on any atom is -0.294 e. The van der Waals surface area contributed by atoms with Crippen LogP contribution in [-0.2, 0) is 0 Å². The molecule has 1 heterocycles. The number of aromatic amines is 1. The van der Waals surface area contributed by atoms with Crippen molar-refractivity contribution in [1.29, 1.82) is 0 Å². The molecule has 2 rings (SSSR count). The number of carbonyl (C=O) groups excluding carboxylic acids is 1. The Bertz CT molecular complexity index is 605. The molecule has 1 aromatic heterocycles. The predicted octanol–water partition coefficient (Wildman–Crippen LogP) is 2.11. The maximum absolute atomic E-state index is 11.8. The van der Waals surface area contributed by atoms with E-state index in [-0.39, 0.29) is 17.4 Å². The van der Waals surface area contributed by atoms with Crippen molar-refractivity contribution in [3.63, 3.8) is 0 Å². The minimum absolute atomic E-state index is 0.0855. The van der Waals surface area contributed by atoms with E-state index in [2.05, 4.69) is 5.10 Å². The number of hydrogen-bond acceptors (Lipinski definition) is 2. The third-order valence-corrected chi connectivity index (χ3v) is 2.65. The van der Waals surface area contributed by atoms with Gasteiger partial charge < -0.3 is 0 Å². The number of benzene rings is 1. The number of nitrogens with one attached hydrogen (secondary N) is 1. The fourth-order valence-electron chi connectivity index (χ4n) is 1.91. The lowest BCUT2D eigenvalue weighted by atomic mass is 10.1. The van der Waals surface area contributed by atoms with Gasteiger partial charge in [0.2, 0.25) is 0 Å². The summed E-state index contributed by atoms with van der Waals surface area (Å²) in [6.07, 6.45) is 0. The maximum atomic E-state index is 11.8. The molecule has 4 nitrogen and oxygen atoms in total. The van der Waals surface area contributed by atoms with Gasteiger partial charge in [0, 0.05) is 11.6 Å². The number of Topliss-reactive ketones (excluding diaryl/α,β-unsaturated/α-hetero) is 1. The number of aromatic nitrogens is 2. The summed E-state index contributed by atoms with van der Waals surface area (Å²) in [7, 11) is 0. The topological polar surface area (TPSA) is 54.9 Å². The minimum atomic E-state index is -0.200. The van der Waals surface area contributed by atoms with E-state index in [1.54, 1.807) is 16.8 Å². The van der Waals surface area contributed by atoms with Gasteiger partial charge in [-0.1, -0.05) is 12.1 Å². The normalized spacial score (nSPS) is 11.2. The Morgan fingerprint density at radius 3 is 2.62 bits per heavy atom. The molecule has 0 aliphatic heterocycles. The van der Waals surface area contributed by atoms with Crippen molar-refractivity contribution in [2.45, 2.75) is 26.8 Å². The quantitative estimate of drug-likeness (QED) is 0.785. The lowest BCUT2D eigenvalue weighted by Crippen LogP contribution is -2.08. The van der Waals surface area contributed by atoms with Gasteiger partial charge in [-0.25, -0.2) is 0 Å². The highest BCUT2D eigenvalue weighted by Crippen LogP contribution is 2.18. The second-order valence-corrected chi connectivity index (χ2v) is 4.16. The third kappa shape index (κ3) is 1.46. The van der Waals surface area contributed by atoms with Crippen LogP contribution in [-0.4, -0.2) is 15.6 Å². The summed E-state index contributed by atoms with van der Waals surface area (Å²) in [5.74, 6) is -0.0855. The SMILES string of the molecule is CC(=O)c1cccc2c1c(=O)[nH]n2C(C)C. The maximum Gasteiger partial charge on any atom is 0.272 e. The summed E-state index contributed by atoms with van der Waals surface area (Å²) in [5.41, 5.74) is 1.07. The van der Waals surface area contributed by atoms with Crippen LogP contribution in [0.4, 0.5) is 0 Å². The van der Waals surface area contributed by atoms with E-state index in [9.17, 15) is 9.59 Å². The van der Waals surface area contributed by atoms with Gasteiger partial charge in [-0.2, -0.15) is 0 Å². The van der Waals surface area contributed by atoms with Crippen molar-refractivity contribution in [3.8, 4) is 0 Å². The van der Waals surface area contributed by atoms with Gasteiger partial charge in [0.1, 0.15) is 0 Å². The Balaban J connectivity index is 2.90. The van der Waals surface area contributed by atoms with Crippen molar-refractivity contribution >= 4 is 16.7 Å². The van der Waals surface area contributed by atoms with Crippen LogP contribution in [0.2, 0.25) is 0 Å². The monoisotopic (exact) mass is 218 g/mol. The largest absolute Gasteiger partial charge is 0.294 e. The number of fused-ring (bicyclic) bond motifs is 1.